The van der Waals surface area contributed by atoms with Crippen LogP contribution in [0.1, 0.15) is 37.2 Å². The van der Waals surface area contributed by atoms with Gasteiger partial charge in [0, 0.05) is 27.2 Å². The highest BCUT2D eigenvalue weighted by Crippen LogP contribution is 2.23. The monoisotopic (exact) mass is 338 g/mol. The molecule has 1 aromatic heterocycles. The molecule has 2 rings (SSSR count). The maximum Gasteiger partial charge on any atom is 0.220 e. The van der Waals surface area contributed by atoms with Gasteiger partial charge in [-0.2, -0.15) is 0 Å². The number of hydrogen-bond acceptors (Lipinski definition) is 5. The van der Waals surface area contributed by atoms with Crippen LogP contribution in [-0.2, 0) is 27.4 Å². The van der Waals surface area contributed by atoms with E-state index in [0.29, 0.717) is 32.1 Å². The number of nitrogens with one attached hydrogen (secondary N) is 1. The van der Waals surface area contributed by atoms with E-state index >= 15 is 0 Å². The SMILES string of the molecule is COCCNC(=O)CCC1CCN(Cc2ccc(COC)o2)CC1. The molecule has 0 aromatic carbocycles. The number of methoxy groups -OCH3 is 2. The molecular weight excluding hydrogens is 308 g/mol. The normalized spacial score (nSPS) is 16.4. The van der Waals surface area contributed by atoms with Gasteiger partial charge >= 0.3 is 0 Å². The van der Waals surface area contributed by atoms with Crippen molar-refractivity contribution in [3.8, 4) is 0 Å². The maximum atomic E-state index is 11.7. The summed E-state index contributed by atoms with van der Waals surface area (Å²) in [7, 11) is 3.31. The third-order valence-corrected chi connectivity index (χ3v) is 4.50. The second-order valence-corrected chi connectivity index (χ2v) is 6.40. The minimum Gasteiger partial charge on any atom is -0.462 e. The summed E-state index contributed by atoms with van der Waals surface area (Å²) < 4.78 is 15.8. The van der Waals surface area contributed by atoms with Gasteiger partial charge in [-0.3, -0.25) is 9.69 Å². The molecule has 6 nitrogen and oxygen atoms in total. The van der Waals surface area contributed by atoms with Gasteiger partial charge in [0.15, 0.2) is 0 Å². The van der Waals surface area contributed by atoms with Crippen molar-refractivity contribution in [2.24, 2.45) is 5.92 Å². The number of carbonyl (C=O) groups is 1. The van der Waals surface area contributed by atoms with Crippen LogP contribution in [0.4, 0.5) is 0 Å². The number of piperidine rings is 1. The molecule has 136 valence electrons. The Hall–Kier alpha value is -1.37. The molecule has 24 heavy (non-hydrogen) atoms. The van der Waals surface area contributed by atoms with E-state index in [1.54, 1.807) is 14.2 Å². The zero-order valence-electron chi connectivity index (χ0n) is 14.9. The minimum atomic E-state index is 0.135. The van der Waals surface area contributed by atoms with Gasteiger partial charge in [0.1, 0.15) is 18.1 Å². The molecule has 0 bridgehead atoms. The number of amides is 1. The van der Waals surface area contributed by atoms with Crippen molar-refractivity contribution in [1.29, 1.82) is 0 Å². The van der Waals surface area contributed by atoms with E-state index in [0.717, 1.165) is 50.4 Å². The van der Waals surface area contributed by atoms with E-state index in [1.165, 1.54) is 0 Å². The van der Waals surface area contributed by atoms with Crippen LogP contribution in [0.3, 0.4) is 0 Å². The lowest BCUT2D eigenvalue weighted by Gasteiger charge is -2.31. The van der Waals surface area contributed by atoms with Crippen LogP contribution in [0.15, 0.2) is 16.5 Å². The standard InChI is InChI=1S/C18H30N2O4/c1-22-12-9-19-18(21)6-3-15-7-10-20(11-8-15)13-16-4-5-17(24-16)14-23-2/h4-5,15H,3,6-14H2,1-2H3,(H,19,21). The van der Waals surface area contributed by atoms with Crippen molar-refractivity contribution in [2.45, 2.75) is 38.8 Å². The van der Waals surface area contributed by atoms with Crippen LogP contribution in [0, 0.1) is 5.92 Å². The molecule has 1 N–H and O–H groups in total. The Labute approximate surface area is 144 Å². The van der Waals surface area contributed by atoms with Gasteiger partial charge in [-0.05, 0) is 50.4 Å². The first-order chi connectivity index (χ1) is 11.7. The number of furan rings is 1. The van der Waals surface area contributed by atoms with Gasteiger partial charge in [0.05, 0.1) is 13.2 Å². The average molecular weight is 338 g/mol. The molecule has 0 unspecified atom stereocenters. The number of carbonyl (C=O) groups excluding carboxylic acids is 1. The Morgan fingerprint density at radius 3 is 2.71 bits per heavy atom. The van der Waals surface area contributed by atoms with Crippen LogP contribution >= 0.6 is 0 Å². The average Bonchev–Trinajstić information content (AvgIpc) is 3.02. The van der Waals surface area contributed by atoms with E-state index in [1.807, 2.05) is 12.1 Å². The zero-order valence-corrected chi connectivity index (χ0v) is 14.9. The molecule has 0 spiro atoms. The smallest absolute Gasteiger partial charge is 0.220 e. The highest BCUT2D eigenvalue weighted by Gasteiger charge is 2.20. The van der Waals surface area contributed by atoms with Crippen LogP contribution in [0.5, 0.6) is 0 Å². The predicted octanol–water partition coefficient (Wildman–Crippen LogP) is 2.18. The van der Waals surface area contributed by atoms with Gasteiger partial charge in [0.2, 0.25) is 5.91 Å². The lowest BCUT2D eigenvalue weighted by molar-refractivity contribution is -0.121. The first-order valence-electron chi connectivity index (χ1n) is 8.75. The topological polar surface area (TPSA) is 63.9 Å². The van der Waals surface area contributed by atoms with Crippen LogP contribution in [0.25, 0.3) is 0 Å². The summed E-state index contributed by atoms with van der Waals surface area (Å²) in [6.07, 6.45) is 3.90. The molecule has 1 aliphatic rings. The number of hydrogen-bond donors (Lipinski definition) is 1. The minimum absolute atomic E-state index is 0.135. The largest absolute Gasteiger partial charge is 0.462 e. The third kappa shape index (κ3) is 6.63. The van der Waals surface area contributed by atoms with E-state index < -0.39 is 0 Å². The zero-order chi connectivity index (χ0) is 17.2. The Morgan fingerprint density at radius 1 is 1.25 bits per heavy atom. The summed E-state index contributed by atoms with van der Waals surface area (Å²) in [5.41, 5.74) is 0. The van der Waals surface area contributed by atoms with Crippen molar-refractivity contribution >= 4 is 5.91 Å². The lowest BCUT2D eigenvalue weighted by atomic mass is 9.92. The van der Waals surface area contributed by atoms with Crippen LogP contribution < -0.4 is 5.32 Å². The van der Waals surface area contributed by atoms with Crippen LogP contribution in [0.2, 0.25) is 0 Å². The fourth-order valence-electron chi connectivity index (χ4n) is 3.10. The second-order valence-electron chi connectivity index (χ2n) is 6.40. The van der Waals surface area contributed by atoms with E-state index in [-0.39, 0.29) is 5.91 Å². The summed E-state index contributed by atoms with van der Waals surface area (Å²) >= 11 is 0. The second kappa shape index (κ2) is 10.5. The summed E-state index contributed by atoms with van der Waals surface area (Å²) in [6, 6.07) is 4.01. The van der Waals surface area contributed by atoms with Crippen molar-refractivity contribution < 1.29 is 18.7 Å². The lowest BCUT2D eigenvalue weighted by Crippen LogP contribution is -2.34. The van der Waals surface area contributed by atoms with Gasteiger partial charge in [-0.1, -0.05) is 0 Å². The fourth-order valence-corrected chi connectivity index (χ4v) is 3.10. The Bertz CT molecular complexity index is 481. The molecule has 0 aliphatic carbocycles. The molecule has 1 fully saturated rings. The number of rotatable bonds is 10. The quantitative estimate of drug-likeness (QED) is 0.663. The molecule has 0 saturated carbocycles. The highest BCUT2D eigenvalue weighted by atomic mass is 16.5. The van der Waals surface area contributed by atoms with Crippen molar-refractivity contribution in [1.82, 2.24) is 10.2 Å². The molecule has 2 heterocycles. The summed E-state index contributed by atoms with van der Waals surface area (Å²) in [4.78, 5) is 14.1. The number of nitrogens with zero attached hydrogens (tertiary/aromatic N) is 1. The molecule has 1 aromatic rings. The number of ether oxygens (including phenoxy) is 2. The van der Waals surface area contributed by atoms with E-state index in [9.17, 15) is 4.79 Å². The van der Waals surface area contributed by atoms with Gasteiger partial charge < -0.3 is 19.2 Å². The van der Waals surface area contributed by atoms with E-state index in [2.05, 4.69) is 10.2 Å². The first-order valence-corrected chi connectivity index (χ1v) is 8.75. The Kier molecular flexibility index (Phi) is 8.28. The van der Waals surface area contributed by atoms with Gasteiger partial charge in [-0.25, -0.2) is 0 Å². The van der Waals surface area contributed by atoms with Gasteiger partial charge in [-0.15, -0.1) is 0 Å². The summed E-state index contributed by atoms with van der Waals surface area (Å²) in [5, 5.41) is 2.88. The fraction of sp³-hybridized carbons (Fsp3) is 0.722. The highest BCUT2D eigenvalue weighted by molar-refractivity contribution is 5.75. The van der Waals surface area contributed by atoms with Crippen molar-refractivity contribution in [3.05, 3.63) is 23.7 Å². The third-order valence-electron chi connectivity index (χ3n) is 4.50. The molecule has 1 saturated heterocycles. The number of likely N-dealkylation sites (tertiary alicyclic amines) is 1. The molecule has 1 aliphatic heterocycles. The van der Waals surface area contributed by atoms with Crippen molar-refractivity contribution in [3.63, 3.8) is 0 Å². The molecule has 0 radical (unpaired) electrons. The van der Waals surface area contributed by atoms with E-state index in [4.69, 9.17) is 13.9 Å². The summed E-state index contributed by atoms with van der Waals surface area (Å²) in [6.45, 7) is 4.68. The predicted molar refractivity (Wildman–Crippen MR) is 91.5 cm³/mol. The maximum absolute atomic E-state index is 11.7. The molecule has 0 atom stereocenters. The Balaban J connectivity index is 1.61. The van der Waals surface area contributed by atoms with Crippen LogP contribution in [-0.4, -0.2) is 51.3 Å². The van der Waals surface area contributed by atoms with Gasteiger partial charge in [0.25, 0.3) is 0 Å². The summed E-state index contributed by atoms with van der Waals surface area (Å²) in [5.74, 6) is 2.66. The molecule has 1 amide bonds. The van der Waals surface area contributed by atoms with Crippen molar-refractivity contribution in [2.75, 3.05) is 40.5 Å². The first kappa shape index (κ1) is 19.0. The molecule has 6 heteroatoms. The Morgan fingerprint density at radius 2 is 2.00 bits per heavy atom. The molecular formula is C18H30N2O4.